The van der Waals surface area contributed by atoms with Crippen molar-refractivity contribution in [2.45, 2.75) is 44.1 Å². The minimum atomic E-state index is 0.177. The van der Waals surface area contributed by atoms with Crippen LogP contribution >= 0.6 is 15.9 Å². The molecule has 2 heterocycles. The van der Waals surface area contributed by atoms with Gasteiger partial charge in [-0.25, -0.2) is 4.98 Å². The van der Waals surface area contributed by atoms with Crippen LogP contribution in [0.25, 0.3) is 0 Å². The minimum Gasteiger partial charge on any atom is -0.384 e. The van der Waals surface area contributed by atoms with Crippen molar-refractivity contribution in [3.05, 3.63) is 21.8 Å². The van der Waals surface area contributed by atoms with Gasteiger partial charge in [0.1, 0.15) is 11.9 Å². The van der Waals surface area contributed by atoms with Gasteiger partial charge in [0.05, 0.1) is 30.3 Å². The molecule has 1 unspecified atom stereocenters. The van der Waals surface area contributed by atoms with E-state index in [9.17, 15) is 10.1 Å². The largest absolute Gasteiger partial charge is 0.384 e. The predicted octanol–water partition coefficient (Wildman–Crippen LogP) is 3.06. The van der Waals surface area contributed by atoms with Crippen molar-refractivity contribution in [1.82, 2.24) is 9.88 Å². The smallest absolute Gasteiger partial charge is 0.225 e. The average molecular weight is 433 g/mol. The fraction of sp³-hybridized carbons (Fsp3) is 0.650. The number of anilines is 1. The fourth-order valence-corrected chi connectivity index (χ4v) is 4.63. The number of halogens is 1. The van der Waals surface area contributed by atoms with E-state index in [4.69, 9.17) is 9.72 Å². The first-order chi connectivity index (χ1) is 13.1. The third kappa shape index (κ3) is 3.97. The normalized spacial score (nSPS) is 22.6. The van der Waals surface area contributed by atoms with E-state index >= 15 is 0 Å². The molecule has 2 saturated carbocycles. The van der Waals surface area contributed by atoms with Gasteiger partial charge in [0, 0.05) is 37.1 Å². The van der Waals surface area contributed by atoms with Crippen molar-refractivity contribution >= 4 is 27.7 Å². The number of nitriles is 1. The molecular weight excluding hydrogens is 408 g/mol. The van der Waals surface area contributed by atoms with Crippen molar-refractivity contribution in [2.75, 3.05) is 38.3 Å². The van der Waals surface area contributed by atoms with Gasteiger partial charge in [0.15, 0.2) is 0 Å². The van der Waals surface area contributed by atoms with Crippen molar-refractivity contribution in [2.24, 2.45) is 5.92 Å². The fourth-order valence-electron chi connectivity index (χ4n) is 3.99. The second kappa shape index (κ2) is 7.76. The van der Waals surface area contributed by atoms with Crippen LogP contribution in [0.4, 0.5) is 5.82 Å². The van der Waals surface area contributed by atoms with Crippen LogP contribution in [0.1, 0.15) is 49.3 Å². The summed E-state index contributed by atoms with van der Waals surface area (Å²) in [5.74, 6) is 2.05. The first-order valence-electron chi connectivity index (χ1n) is 9.76. The van der Waals surface area contributed by atoms with E-state index in [1.165, 1.54) is 25.7 Å². The Morgan fingerprint density at radius 1 is 1.37 bits per heavy atom. The SMILES string of the molecule is COCCC(=O)N1CCN(c2nc(C3CC3)c(Br)cc2C#N)CC1C1CC1. The summed E-state index contributed by atoms with van der Waals surface area (Å²) in [6.45, 7) is 2.63. The summed E-state index contributed by atoms with van der Waals surface area (Å²) in [4.78, 5) is 21.8. The molecule has 3 aliphatic rings. The van der Waals surface area contributed by atoms with Gasteiger partial charge in [-0.2, -0.15) is 5.26 Å². The number of ether oxygens (including phenoxy) is 1. The number of amides is 1. The molecule has 1 saturated heterocycles. The highest BCUT2D eigenvalue weighted by molar-refractivity contribution is 9.10. The van der Waals surface area contributed by atoms with Gasteiger partial charge in [-0.1, -0.05) is 0 Å². The monoisotopic (exact) mass is 432 g/mol. The van der Waals surface area contributed by atoms with Crippen LogP contribution in [0.2, 0.25) is 0 Å². The molecule has 4 rings (SSSR count). The molecule has 6 nitrogen and oxygen atoms in total. The maximum atomic E-state index is 12.6. The van der Waals surface area contributed by atoms with Crippen LogP contribution in [0.15, 0.2) is 10.5 Å². The Morgan fingerprint density at radius 2 is 2.15 bits per heavy atom. The number of carbonyl (C=O) groups excluding carboxylic acids is 1. The Hall–Kier alpha value is -1.65. The number of nitrogens with zero attached hydrogens (tertiary/aromatic N) is 4. The Bertz CT molecular complexity index is 770. The lowest BCUT2D eigenvalue weighted by Crippen LogP contribution is -2.56. The van der Waals surface area contributed by atoms with Gasteiger partial charge in [-0.3, -0.25) is 4.79 Å². The van der Waals surface area contributed by atoms with Crippen molar-refractivity contribution in [1.29, 1.82) is 5.26 Å². The molecule has 0 spiro atoms. The maximum Gasteiger partial charge on any atom is 0.225 e. The molecule has 7 heteroatoms. The maximum absolute atomic E-state index is 12.6. The lowest BCUT2D eigenvalue weighted by atomic mass is 10.1. The molecule has 27 heavy (non-hydrogen) atoms. The molecular formula is C20H25BrN4O2. The standard InChI is InChI=1S/C20H25BrN4O2/c1-27-9-6-18(26)25-8-7-24(12-17(25)13-2-3-13)20-15(11-22)10-16(21)19(23-20)14-4-5-14/h10,13-14,17H,2-9,12H2,1H3. The molecule has 144 valence electrons. The molecule has 1 aliphatic heterocycles. The highest BCUT2D eigenvalue weighted by atomic mass is 79.9. The molecule has 1 atom stereocenters. The van der Waals surface area contributed by atoms with Gasteiger partial charge in [0.2, 0.25) is 5.91 Å². The van der Waals surface area contributed by atoms with Crippen LogP contribution in [0.5, 0.6) is 0 Å². The average Bonchev–Trinajstić information content (AvgIpc) is 3.57. The van der Waals surface area contributed by atoms with Gasteiger partial charge in [-0.15, -0.1) is 0 Å². The number of hydrogen-bond acceptors (Lipinski definition) is 5. The molecule has 0 N–H and O–H groups in total. The number of methoxy groups -OCH3 is 1. The summed E-state index contributed by atoms with van der Waals surface area (Å²) in [5, 5.41) is 9.63. The second-order valence-electron chi connectivity index (χ2n) is 7.79. The van der Waals surface area contributed by atoms with Crippen LogP contribution < -0.4 is 4.90 Å². The molecule has 0 bridgehead atoms. The molecule has 1 aromatic rings. The van der Waals surface area contributed by atoms with Crippen molar-refractivity contribution in [3.63, 3.8) is 0 Å². The van der Waals surface area contributed by atoms with Crippen LogP contribution in [0.3, 0.4) is 0 Å². The number of piperazine rings is 1. The first-order valence-corrected chi connectivity index (χ1v) is 10.6. The summed E-state index contributed by atoms with van der Waals surface area (Å²) in [6.07, 6.45) is 5.13. The molecule has 1 aromatic heterocycles. The zero-order valence-corrected chi connectivity index (χ0v) is 17.2. The van der Waals surface area contributed by atoms with Gasteiger partial charge >= 0.3 is 0 Å². The van der Waals surface area contributed by atoms with E-state index in [0.717, 1.165) is 29.1 Å². The third-order valence-electron chi connectivity index (χ3n) is 5.79. The van der Waals surface area contributed by atoms with E-state index in [2.05, 4.69) is 26.9 Å². The molecule has 0 aromatic carbocycles. The Labute approximate surface area is 168 Å². The summed E-state index contributed by atoms with van der Waals surface area (Å²) < 4.78 is 6.02. The van der Waals surface area contributed by atoms with Gasteiger partial charge in [-0.05, 0) is 53.6 Å². The first kappa shape index (κ1) is 18.7. The van der Waals surface area contributed by atoms with Gasteiger partial charge < -0.3 is 14.5 Å². The predicted molar refractivity (Wildman–Crippen MR) is 106 cm³/mol. The third-order valence-corrected chi connectivity index (χ3v) is 6.43. The summed E-state index contributed by atoms with van der Waals surface area (Å²) >= 11 is 3.59. The van der Waals surface area contributed by atoms with Crippen LogP contribution in [-0.4, -0.2) is 55.2 Å². The quantitative estimate of drug-likeness (QED) is 0.690. The van der Waals surface area contributed by atoms with Crippen LogP contribution in [-0.2, 0) is 9.53 Å². The zero-order chi connectivity index (χ0) is 19.0. The van der Waals surface area contributed by atoms with E-state index in [-0.39, 0.29) is 11.9 Å². The lowest BCUT2D eigenvalue weighted by Gasteiger charge is -2.42. The van der Waals surface area contributed by atoms with E-state index in [0.29, 0.717) is 37.0 Å². The summed E-state index contributed by atoms with van der Waals surface area (Å²) in [7, 11) is 1.63. The van der Waals surface area contributed by atoms with Crippen molar-refractivity contribution in [3.8, 4) is 6.07 Å². The van der Waals surface area contributed by atoms with Crippen LogP contribution in [0, 0.1) is 17.2 Å². The molecule has 1 amide bonds. The molecule has 0 radical (unpaired) electrons. The highest BCUT2D eigenvalue weighted by Gasteiger charge is 2.41. The highest BCUT2D eigenvalue weighted by Crippen LogP contribution is 2.44. The zero-order valence-electron chi connectivity index (χ0n) is 15.7. The minimum absolute atomic E-state index is 0.177. The van der Waals surface area contributed by atoms with E-state index in [1.54, 1.807) is 7.11 Å². The topological polar surface area (TPSA) is 69.5 Å². The second-order valence-corrected chi connectivity index (χ2v) is 8.65. The van der Waals surface area contributed by atoms with E-state index < -0.39 is 0 Å². The van der Waals surface area contributed by atoms with E-state index in [1.807, 2.05) is 11.0 Å². The lowest BCUT2D eigenvalue weighted by molar-refractivity contribution is -0.135. The number of aromatic nitrogens is 1. The van der Waals surface area contributed by atoms with Crippen molar-refractivity contribution < 1.29 is 9.53 Å². The summed E-state index contributed by atoms with van der Waals surface area (Å²) in [6, 6.07) is 4.44. The Balaban J connectivity index is 1.56. The van der Waals surface area contributed by atoms with Gasteiger partial charge in [0.25, 0.3) is 0 Å². The number of pyridine rings is 1. The Kier molecular flexibility index (Phi) is 5.38. The molecule has 3 fully saturated rings. The summed E-state index contributed by atoms with van der Waals surface area (Å²) in [5.41, 5.74) is 1.69. The Morgan fingerprint density at radius 3 is 2.78 bits per heavy atom. The number of hydrogen-bond donors (Lipinski definition) is 0. The number of carbonyl (C=O) groups is 1. The number of rotatable bonds is 6. The molecule has 2 aliphatic carbocycles.